The van der Waals surface area contributed by atoms with E-state index in [1.807, 2.05) is 24.3 Å². The van der Waals surface area contributed by atoms with Gasteiger partial charge in [-0.2, -0.15) is 0 Å². The number of aromatic nitrogens is 2. The summed E-state index contributed by atoms with van der Waals surface area (Å²) in [6.45, 7) is 4.46. The maximum absolute atomic E-state index is 11.9. The van der Waals surface area contributed by atoms with Gasteiger partial charge in [0.2, 0.25) is 0 Å². The molecule has 5 nitrogen and oxygen atoms in total. The zero-order valence-electron chi connectivity index (χ0n) is 12.5. The molecule has 0 spiro atoms. The molecule has 1 unspecified atom stereocenters. The zero-order valence-corrected chi connectivity index (χ0v) is 13.2. The quantitative estimate of drug-likeness (QED) is 0.913. The fourth-order valence-electron chi connectivity index (χ4n) is 2.56. The molecule has 0 bridgehead atoms. The number of fused-ring (bicyclic) bond motifs is 1. The van der Waals surface area contributed by atoms with Crippen molar-refractivity contribution in [3.8, 4) is 0 Å². The molecular weight excluding hydrogens is 300 g/mol. The van der Waals surface area contributed by atoms with E-state index in [-0.39, 0.29) is 11.9 Å². The topological polar surface area (TPSA) is 66.9 Å². The van der Waals surface area contributed by atoms with Gasteiger partial charge in [-0.3, -0.25) is 4.79 Å². The van der Waals surface area contributed by atoms with Gasteiger partial charge in [0.25, 0.3) is 5.91 Å². The Labute approximate surface area is 134 Å². The highest BCUT2D eigenvalue weighted by Crippen LogP contribution is 2.25. The van der Waals surface area contributed by atoms with E-state index >= 15 is 0 Å². The number of carbonyl (C=O) groups excluding carboxylic acids is 1. The summed E-state index contributed by atoms with van der Waals surface area (Å²) in [5.41, 5.74) is 2.47. The van der Waals surface area contributed by atoms with Crippen molar-refractivity contribution in [2.75, 3.05) is 11.9 Å². The Kier molecular flexibility index (Phi) is 3.98. The highest BCUT2D eigenvalue weighted by molar-refractivity contribution is 6.30. The van der Waals surface area contributed by atoms with Crippen molar-refractivity contribution in [1.29, 1.82) is 0 Å². The lowest BCUT2D eigenvalue weighted by molar-refractivity contribution is 0.0940. The maximum atomic E-state index is 11.9. The lowest BCUT2D eigenvalue weighted by Crippen LogP contribution is -2.34. The van der Waals surface area contributed by atoms with E-state index in [9.17, 15) is 4.79 Å². The molecule has 1 aliphatic rings. The van der Waals surface area contributed by atoms with Crippen LogP contribution in [0, 0.1) is 6.92 Å². The Balaban J connectivity index is 1.92. The Morgan fingerprint density at radius 3 is 2.73 bits per heavy atom. The van der Waals surface area contributed by atoms with Gasteiger partial charge in [0.05, 0.1) is 0 Å². The number of aryl methyl sites for hydroxylation is 1. The maximum Gasteiger partial charge on any atom is 0.270 e. The first kappa shape index (κ1) is 14.8. The molecule has 2 N–H and O–H groups in total. The molecule has 0 fully saturated rings. The van der Waals surface area contributed by atoms with Crippen molar-refractivity contribution in [2.45, 2.75) is 26.3 Å². The second kappa shape index (κ2) is 5.93. The lowest BCUT2D eigenvalue weighted by Gasteiger charge is -2.22. The minimum Gasteiger partial charge on any atom is -0.363 e. The van der Waals surface area contributed by atoms with Gasteiger partial charge in [-0.05, 0) is 38.0 Å². The number of hydrogen-bond acceptors (Lipinski definition) is 4. The second-order valence-corrected chi connectivity index (χ2v) is 5.81. The molecule has 22 heavy (non-hydrogen) atoms. The smallest absolute Gasteiger partial charge is 0.270 e. The van der Waals surface area contributed by atoms with E-state index in [0.29, 0.717) is 23.1 Å². The number of amides is 1. The van der Waals surface area contributed by atoms with E-state index in [0.717, 1.165) is 23.4 Å². The fourth-order valence-corrected chi connectivity index (χ4v) is 2.69. The molecule has 0 aliphatic carbocycles. The average molecular weight is 317 g/mol. The van der Waals surface area contributed by atoms with Crippen LogP contribution < -0.4 is 10.6 Å². The number of rotatable bonds is 3. The fraction of sp³-hybridized carbons (Fsp3) is 0.312. The number of benzene rings is 1. The first-order valence-corrected chi connectivity index (χ1v) is 7.60. The molecule has 0 radical (unpaired) electrons. The minimum atomic E-state index is -0.131. The largest absolute Gasteiger partial charge is 0.363 e. The van der Waals surface area contributed by atoms with Crippen LogP contribution in [0.25, 0.3) is 0 Å². The number of anilines is 1. The van der Waals surface area contributed by atoms with Crippen LogP contribution >= 0.6 is 11.6 Å². The Morgan fingerprint density at radius 1 is 1.27 bits per heavy atom. The molecule has 0 saturated carbocycles. The third kappa shape index (κ3) is 2.90. The highest BCUT2D eigenvalue weighted by atomic mass is 35.5. The monoisotopic (exact) mass is 316 g/mol. The van der Waals surface area contributed by atoms with E-state index < -0.39 is 0 Å². The van der Waals surface area contributed by atoms with Gasteiger partial charge in [-0.1, -0.05) is 23.7 Å². The van der Waals surface area contributed by atoms with Crippen LogP contribution in [0.1, 0.15) is 40.4 Å². The first-order chi connectivity index (χ1) is 10.5. The minimum absolute atomic E-state index is 0.0562. The molecule has 0 saturated heterocycles. The van der Waals surface area contributed by atoms with E-state index in [1.54, 1.807) is 6.92 Å². The van der Waals surface area contributed by atoms with E-state index in [2.05, 4.69) is 27.5 Å². The van der Waals surface area contributed by atoms with Crippen LogP contribution in [0.4, 0.5) is 5.82 Å². The summed E-state index contributed by atoms with van der Waals surface area (Å²) >= 11 is 5.92. The summed E-state index contributed by atoms with van der Waals surface area (Å²) in [6, 6.07) is 7.74. The molecule has 1 aromatic carbocycles. The summed E-state index contributed by atoms with van der Waals surface area (Å²) in [5, 5.41) is 6.92. The molecule has 1 atom stereocenters. The average Bonchev–Trinajstić information content (AvgIpc) is 2.49. The van der Waals surface area contributed by atoms with Crippen molar-refractivity contribution in [3.05, 3.63) is 51.9 Å². The van der Waals surface area contributed by atoms with Crippen molar-refractivity contribution in [1.82, 2.24) is 15.3 Å². The van der Waals surface area contributed by atoms with Gasteiger partial charge in [0.1, 0.15) is 17.3 Å². The summed E-state index contributed by atoms with van der Waals surface area (Å²) < 4.78 is 0. The SMILES string of the molecule is Cc1nc(NC(C)c2ccc(Cl)cc2)c2c(n1)C(=O)NCC2. The molecule has 114 valence electrons. The standard InChI is InChI=1S/C16H17ClN4O/c1-9(11-3-5-12(17)6-4-11)19-15-13-7-8-18-16(22)14(13)20-10(2)21-15/h3-6,9H,7-8H2,1-2H3,(H,18,22)(H,19,20,21). The van der Waals surface area contributed by atoms with Crippen LogP contribution in [-0.4, -0.2) is 22.4 Å². The summed E-state index contributed by atoms with van der Waals surface area (Å²) in [4.78, 5) is 20.7. The third-order valence-corrected chi connectivity index (χ3v) is 3.97. The van der Waals surface area contributed by atoms with Gasteiger partial charge in [0, 0.05) is 23.2 Å². The predicted octanol–water partition coefficient (Wildman–Crippen LogP) is 2.90. The van der Waals surface area contributed by atoms with Crippen LogP contribution in [0.3, 0.4) is 0 Å². The van der Waals surface area contributed by atoms with Gasteiger partial charge in [-0.25, -0.2) is 9.97 Å². The third-order valence-electron chi connectivity index (χ3n) is 3.72. The van der Waals surface area contributed by atoms with Gasteiger partial charge in [-0.15, -0.1) is 0 Å². The zero-order chi connectivity index (χ0) is 15.7. The number of carbonyl (C=O) groups is 1. The molecule has 1 aliphatic heterocycles. The van der Waals surface area contributed by atoms with Crippen molar-refractivity contribution in [3.63, 3.8) is 0 Å². The Morgan fingerprint density at radius 2 is 2.00 bits per heavy atom. The summed E-state index contributed by atoms with van der Waals surface area (Å²) in [6.07, 6.45) is 0.733. The normalized spacial score (nSPS) is 15.0. The van der Waals surface area contributed by atoms with Crippen molar-refractivity contribution in [2.24, 2.45) is 0 Å². The Bertz CT molecular complexity index is 715. The summed E-state index contributed by atoms with van der Waals surface area (Å²) in [7, 11) is 0. The molecule has 1 aromatic heterocycles. The number of nitrogens with one attached hydrogen (secondary N) is 2. The first-order valence-electron chi connectivity index (χ1n) is 7.22. The summed E-state index contributed by atoms with van der Waals surface area (Å²) in [5.74, 6) is 1.19. The van der Waals surface area contributed by atoms with E-state index in [4.69, 9.17) is 11.6 Å². The molecule has 3 rings (SSSR count). The van der Waals surface area contributed by atoms with Crippen molar-refractivity contribution < 1.29 is 4.79 Å². The van der Waals surface area contributed by atoms with Crippen molar-refractivity contribution >= 4 is 23.3 Å². The predicted molar refractivity (Wildman–Crippen MR) is 86.3 cm³/mol. The molecule has 2 heterocycles. The molecule has 2 aromatic rings. The van der Waals surface area contributed by atoms with Crippen LogP contribution in [0.15, 0.2) is 24.3 Å². The number of nitrogens with zero attached hydrogens (tertiary/aromatic N) is 2. The van der Waals surface area contributed by atoms with Gasteiger partial charge >= 0.3 is 0 Å². The number of hydrogen-bond donors (Lipinski definition) is 2. The molecular formula is C16H17ClN4O. The van der Waals surface area contributed by atoms with Crippen LogP contribution in [0.5, 0.6) is 0 Å². The van der Waals surface area contributed by atoms with Gasteiger partial charge < -0.3 is 10.6 Å². The lowest BCUT2D eigenvalue weighted by atomic mass is 10.0. The Hall–Kier alpha value is -2.14. The number of halogens is 1. The molecule has 6 heteroatoms. The van der Waals surface area contributed by atoms with Crippen LogP contribution in [0.2, 0.25) is 5.02 Å². The molecule has 1 amide bonds. The van der Waals surface area contributed by atoms with Crippen LogP contribution in [-0.2, 0) is 6.42 Å². The second-order valence-electron chi connectivity index (χ2n) is 5.37. The highest BCUT2D eigenvalue weighted by Gasteiger charge is 2.23. The van der Waals surface area contributed by atoms with Gasteiger partial charge in [0.15, 0.2) is 0 Å². The van der Waals surface area contributed by atoms with E-state index in [1.165, 1.54) is 0 Å².